The molecule has 98 heavy (non-hydrogen) atoms. The van der Waals surface area contributed by atoms with E-state index in [1.807, 2.05) is 0 Å². The molecular formula is C79H138O17P2. The summed E-state index contributed by atoms with van der Waals surface area (Å²) < 4.78 is 68.5. The van der Waals surface area contributed by atoms with Crippen LogP contribution in [0.1, 0.15) is 323 Å². The van der Waals surface area contributed by atoms with Crippen LogP contribution in [0.15, 0.2) is 97.2 Å². The van der Waals surface area contributed by atoms with Gasteiger partial charge in [0.15, 0.2) is 12.2 Å². The number of carbonyl (C=O) groups excluding carboxylic acids is 4. The molecule has 0 aromatic carbocycles. The minimum atomic E-state index is -4.98. The zero-order valence-corrected chi connectivity index (χ0v) is 63.5. The van der Waals surface area contributed by atoms with Gasteiger partial charge in [0.25, 0.3) is 0 Å². The molecule has 0 rings (SSSR count). The van der Waals surface area contributed by atoms with Crippen molar-refractivity contribution >= 4 is 39.5 Å². The molecule has 0 aromatic heterocycles. The highest BCUT2D eigenvalue weighted by molar-refractivity contribution is 7.47. The lowest BCUT2D eigenvalue weighted by molar-refractivity contribution is -0.161. The maximum atomic E-state index is 13.1. The molecule has 19 heteroatoms. The van der Waals surface area contributed by atoms with Gasteiger partial charge < -0.3 is 33.8 Å². The molecule has 0 saturated carbocycles. The second-order valence-corrected chi connectivity index (χ2v) is 28.5. The number of hydrogen-bond donors (Lipinski definition) is 3. The smallest absolute Gasteiger partial charge is 0.462 e. The molecule has 3 N–H and O–H groups in total. The Bertz CT molecular complexity index is 2240. The summed E-state index contributed by atoms with van der Waals surface area (Å²) in [4.78, 5) is 72.8. The van der Waals surface area contributed by atoms with Crippen molar-refractivity contribution in [2.45, 2.75) is 341 Å². The minimum absolute atomic E-state index is 0.0758. The highest BCUT2D eigenvalue weighted by atomic mass is 31.2. The second-order valence-electron chi connectivity index (χ2n) is 25.6. The van der Waals surface area contributed by atoms with Crippen LogP contribution in [0.3, 0.4) is 0 Å². The van der Waals surface area contributed by atoms with Gasteiger partial charge in [0.1, 0.15) is 19.3 Å². The zero-order chi connectivity index (χ0) is 71.8. The Morgan fingerprint density at radius 3 is 0.888 bits per heavy atom. The van der Waals surface area contributed by atoms with Crippen molar-refractivity contribution in [2.75, 3.05) is 39.6 Å². The van der Waals surface area contributed by atoms with Crippen molar-refractivity contribution in [3.05, 3.63) is 97.2 Å². The van der Waals surface area contributed by atoms with Gasteiger partial charge in [-0.25, -0.2) is 9.13 Å². The maximum absolute atomic E-state index is 13.1. The van der Waals surface area contributed by atoms with Crippen molar-refractivity contribution in [1.82, 2.24) is 0 Å². The molecule has 17 nitrogen and oxygen atoms in total. The van der Waals surface area contributed by atoms with Gasteiger partial charge in [0.2, 0.25) is 0 Å². The molecule has 0 saturated heterocycles. The van der Waals surface area contributed by atoms with E-state index >= 15 is 0 Å². The van der Waals surface area contributed by atoms with Gasteiger partial charge >= 0.3 is 39.5 Å². The quantitative estimate of drug-likeness (QED) is 0.0169. The number of allylic oxidation sites excluding steroid dienone is 16. The summed E-state index contributed by atoms with van der Waals surface area (Å²) in [5.74, 6) is -2.21. The van der Waals surface area contributed by atoms with Crippen LogP contribution < -0.4 is 0 Å². The lowest BCUT2D eigenvalue weighted by Crippen LogP contribution is -2.30. The molecule has 0 aliphatic heterocycles. The first kappa shape index (κ1) is 94.0. The monoisotopic (exact) mass is 1420 g/mol. The topological polar surface area (TPSA) is 237 Å². The molecule has 0 bridgehead atoms. The first-order valence-corrected chi connectivity index (χ1v) is 41.5. The first-order valence-electron chi connectivity index (χ1n) is 38.5. The molecule has 0 amide bonds. The minimum Gasteiger partial charge on any atom is -0.462 e. The molecule has 0 radical (unpaired) electrons. The van der Waals surface area contributed by atoms with E-state index in [9.17, 15) is 43.2 Å². The Hall–Kier alpha value is -4.02. The Morgan fingerprint density at radius 2 is 0.551 bits per heavy atom. The summed E-state index contributed by atoms with van der Waals surface area (Å²) >= 11 is 0. The molecule has 0 fully saturated rings. The second kappa shape index (κ2) is 71.4. The number of aliphatic hydroxyl groups is 1. The van der Waals surface area contributed by atoms with E-state index in [-0.39, 0.29) is 25.7 Å². The number of unbranched alkanes of at least 4 members (excludes halogenated alkanes) is 30. The molecule has 0 heterocycles. The number of carbonyl (C=O) groups is 4. The van der Waals surface area contributed by atoms with Crippen LogP contribution in [-0.2, 0) is 65.4 Å². The van der Waals surface area contributed by atoms with Crippen LogP contribution >= 0.6 is 15.6 Å². The van der Waals surface area contributed by atoms with Crippen molar-refractivity contribution in [2.24, 2.45) is 0 Å². The first-order chi connectivity index (χ1) is 47.7. The summed E-state index contributed by atoms with van der Waals surface area (Å²) in [6, 6.07) is 0. The summed E-state index contributed by atoms with van der Waals surface area (Å²) in [7, 11) is -9.96. The number of ether oxygens (including phenoxy) is 4. The highest BCUT2D eigenvalue weighted by Gasteiger charge is 2.30. The lowest BCUT2D eigenvalue weighted by atomic mass is 10.1. The van der Waals surface area contributed by atoms with E-state index in [0.717, 1.165) is 199 Å². The van der Waals surface area contributed by atoms with Crippen LogP contribution in [0.4, 0.5) is 0 Å². The number of rotatable bonds is 72. The van der Waals surface area contributed by atoms with Gasteiger partial charge in [0, 0.05) is 25.7 Å². The molecule has 0 spiro atoms. The lowest BCUT2D eigenvalue weighted by Gasteiger charge is -2.21. The molecule has 566 valence electrons. The maximum Gasteiger partial charge on any atom is 0.472 e. The summed E-state index contributed by atoms with van der Waals surface area (Å²) in [6.45, 7) is 4.63. The van der Waals surface area contributed by atoms with Crippen LogP contribution in [0.2, 0.25) is 0 Å². The number of aliphatic hydroxyl groups excluding tert-OH is 1. The van der Waals surface area contributed by atoms with E-state index in [4.69, 9.17) is 37.0 Å². The number of phosphoric acid groups is 2. The fourth-order valence-electron chi connectivity index (χ4n) is 10.1. The highest BCUT2D eigenvalue weighted by Crippen LogP contribution is 2.45. The fourth-order valence-corrected chi connectivity index (χ4v) is 11.7. The van der Waals surface area contributed by atoms with Crippen molar-refractivity contribution in [1.29, 1.82) is 0 Å². The summed E-state index contributed by atoms with van der Waals surface area (Å²) in [5, 5.41) is 10.6. The van der Waals surface area contributed by atoms with Gasteiger partial charge in [-0.3, -0.25) is 37.3 Å². The average molecular weight is 1420 g/mol. The van der Waals surface area contributed by atoms with Crippen LogP contribution in [0.25, 0.3) is 0 Å². The van der Waals surface area contributed by atoms with E-state index in [1.165, 1.54) is 44.9 Å². The third-order valence-electron chi connectivity index (χ3n) is 16.0. The molecular weight excluding hydrogens is 1280 g/mol. The largest absolute Gasteiger partial charge is 0.472 e. The standard InChI is InChI=1S/C79H138O17P2/c1-5-9-13-17-21-25-29-33-35-36-38-42-44-48-52-56-60-64-77(82)90-70-75(96-79(84)66-62-58-54-50-46-40-32-28-24-20-16-12-8-4)72-94-98(87,88)92-68-73(80)67-91-97(85,86)93-71-74(95-78(83)65-61-57-53-49-45-39-31-27-23-19-15-11-7-3)69-89-76(81)63-59-55-51-47-43-41-37-34-30-26-22-18-14-10-6-2/h9,13,15,19,21-22,25-28,31-35,37,73-75,80H,5-8,10-12,14,16-18,20,23-24,29-30,36,38-72H2,1-4H3,(H,85,86)(H,87,88)/b13-9-,19-15-,25-21-,26-22-,31-27-,32-28-,35-33-,37-34-. The molecule has 0 aliphatic carbocycles. The third kappa shape index (κ3) is 70.4. The fraction of sp³-hybridized carbons (Fsp3) is 0.747. The van der Waals surface area contributed by atoms with Crippen LogP contribution in [0, 0.1) is 0 Å². The van der Waals surface area contributed by atoms with Crippen molar-refractivity contribution in [3.63, 3.8) is 0 Å². The number of hydrogen-bond acceptors (Lipinski definition) is 15. The predicted molar refractivity (Wildman–Crippen MR) is 399 cm³/mol. The van der Waals surface area contributed by atoms with Crippen LogP contribution in [-0.4, -0.2) is 96.7 Å². The molecule has 5 unspecified atom stereocenters. The normalized spacial score (nSPS) is 14.5. The molecule has 0 aromatic rings. The summed E-state index contributed by atoms with van der Waals surface area (Å²) in [6.07, 6.45) is 73.9. The zero-order valence-electron chi connectivity index (χ0n) is 61.7. The van der Waals surface area contributed by atoms with Crippen molar-refractivity contribution in [3.8, 4) is 0 Å². The van der Waals surface area contributed by atoms with E-state index in [2.05, 4.69) is 125 Å². The van der Waals surface area contributed by atoms with Gasteiger partial charge in [-0.2, -0.15) is 0 Å². The SMILES string of the molecule is CC/C=C\C/C=C\C/C=C\CCCCCCCCCC(=O)OCC(COP(=O)(O)OCC(O)COP(=O)(O)OCC(COC(=O)CCCCCCC/C=C\C/C=C\CCCCC)OC(=O)CCCCCCC/C=C\C/C=C\CCC)OC(=O)CCCCCCC/C=C\CCCCCC. The van der Waals surface area contributed by atoms with Gasteiger partial charge in [-0.1, -0.05) is 253 Å². The van der Waals surface area contributed by atoms with E-state index < -0.39 is 97.5 Å². The Kier molecular flexibility index (Phi) is 68.4. The van der Waals surface area contributed by atoms with Gasteiger partial charge in [-0.05, 0) is 141 Å². The van der Waals surface area contributed by atoms with E-state index in [1.54, 1.807) is 0 Å². The summed E-state index contributed by atoms with van der Waals surface area (Å²) in [5.41, 5.74) is 0. The molecule has 5 atom stereocenters. The average Bonchev–Trinajstić information content (AvgIpc) is 0.969. The van der Waals surface area contributed by atoms with Crippen molar-refractivity contribution < 1.29 is 80.2 Å². The third-order valence-corrected chi connectivity index (χ3v) is 17.9. The van der Waals surface area contributed by atoms with Gasteiger partial charge in [-0.15, -0.1) is 0 Å². The Morgan fingerprint density at radius 1 is 0.296 bits per heavy atom. The van der Waals surface area contributed by atoms with E-state index in [0.29, 0.717) is 25.7 Å². The Balaban J connectivity index is 5.35. The number of phosphoric ester groups is 2. The van der Waals surface area contributed by atoms with Gasteiger partial charge in [0.05, 0.1) is 26.4 Å². The Labute approximate surface area is 595 Å². The number of esters is 4. The predicted octanol–water partition coefficient (Wildman–Crippen LogP) is 22.0. The molecule has 0 aliphatic rings. The van der Waals surface area contributed by atoms with Crippen LogP contribution in [0.5, 0.6) is 0 Å².